The largest absolute Gasteiger partial charge is 1.00 e. The van der Waals surface area contributed by atoms with Gasteiger partial charge in [0.15, 0.2) is 27.0 Å². The number of nitrogens with one attached hydrogen (secondary N) is 2. The minimum Gasteiger partial charge on any atom is -0.870 e. The molecule has 0 fully saturated rings. The maximum atomic E-state index is 14.3. The molecule has 0 atom stereocenters. The predicted octanol–water partition coefficient (Wildman–Crippen LogP) is 22.4. The number of aromatic nitrogens is 3. The van der Waals surface area contributed by atoms with Crippen LogP contribution in [0.15, 0.2) is 242 Å². The maximum absolute atomic E-state index is 14.3. The molecule has 12 rings (SSSR count). The SMILES string of the molecule is C.C.CC(=O)O.CC(C)(C)OC(=O)N(c1cccc(C(F)(F)F)c1)c1nc(-c2ccc(F)c(N)c2)cs1.COC(=O)c1cccc(N=Nc2cc(-c3csc(Nc4cccc(C(F)(F)F)c4)n3)ccc2F)c1.COC(=O)c1cccc(N=O)c1.O=C(O)c1cccc(N=Nc2cc(-c3csc(Nc4cccc(C(F)(F)F)c4)n3)ccc2F)c1.[Li+].[OH-]. The second kappa shape index (κ2) is 44.5. The maximum Gasteiger partial charge on any atom is 1.00 e. The molecule has 7 N–H and O–H groups in total. The molecule has 0 bridgehead atoms. The van der Waals surface area contributed by atoms with Crippen LogP contribution >= 0.6 is 34.0 Å². The number of amides is 1. The number of methoxy groups -OCH3 is 2. The molecule has 1 amide bonds. The van der Waals surface area contributed by atoms with E-state index in [1.54, 1.807) is 67.2 Å². The summed E-state index contributed by atoms with van der Waals surface area (Å²) in [4.78, 5) is 79.7. The molecule has 0 unspecified atom stereocenters. The number of halogens is 12. The summed E-state index contributed by atoms with van der Waals surface area (Å²) in [5.74, 6) is -4.80. The molecule has 3 aromatic heterocycles. The van der Waals surface area contributed by atoms with Crippen molar-refractivity contribution < 1.29 is 125 Å². The Bertz CT molecular complexity index is 5590. The standard InChI is InChI=1S/C24H16F4N4O2S.C23H14F4N4O2S.C21H19F4N3O2S.C8H7NO3.C2H4O2.2CH4.Li.H2O/c1-34-22(33)15-4-2-7-18(10-15)31-32-20-11-14(8-9-19(20)25)21-13-35-23(30-21)29-17-6-3-5-16(12-17)24(26,27)28;24-18-8-7-13(10-19(18)31-30-17-6-1-3-14(9-17)21(32)33)20-12-34-22(29-20)28-16-5-2-4-15(11-16)23(25,26)27;1-20(2,3)30-19(29)28(14-6-4-5-13(10-14)21(23,24)25)18-27-17(11-31-18)12-7-8-15(22)16(26)9-12;1-12-8(10)6-3-2-4-7(5-6)9-11;1-2(3)4;;;;/h2-13H,1H3,(H,29,30);1-12H,(H,28,29)(H,32,33);4-11H,26H2,1-3H3;2-5H,1H3;1H3,(H,3,4);2*1H4;;1H2/q;;;;;;;+1;/p-1. The summed E-state index contributed by atoms with van der Waals surface area (Å²) in [6, 6.07) is 44.1. The fourth-order valence-electron chi connectivity index (χ4n) is 9.39. The number of nitrogens with zero attached hydrogens (tertiary/aromatic N) is 9. The molecule has 40 heteroatoms. The van der Waals surface area contributed by atoms with Crippen LogP contribution in [0.2, 0.25) is 0 Å². The number of thiazole rings is 3. The molecule has 0 spiro atoms. The number of aromatic carboxylic acids is 1. The molecule has 624 valence electrons. The van der Waals surface area contributed by atoms with Crippen molar-refractivity contribution in [2.45, 2.75) is 66.7 Å². The minimum atomic E-state index is -4.59. The van der Waals surface area contributed by atoms with Crippen LogP contribution in [0.25, 0.3) is 33.8 Å². The Balaban J connectivity index is 0.000000341. The van der Waals surface area contributed by atoms with Gasteiger partial charge in [0, 0.05) is 51.1 Å². The van der Waals surface area contributed by atoms with Crippen molar-refractivity contribution in [3.63, 3.8) is 0 Å². The van der Waals surface area contributed by atoms with E-state index in [2.05, 4.69) is 60.7 Å². The monoisotopic (exact) mass is 1720 g/mol. The molecule has 120 heavy (non-hydrogen) atoms. The van der Waals surface area contributed by atoms with Crippen molar-refractivity contribution >= 4 is 131 Å². The first-order valence-electron chi connectivity index (χ1n) is 32.9. The van der Waals surface area contributed by atoms with Crippen LogP contribution in [0.5, 0.6) is 0 Å². The topological polar surface area (TPSA) is 354 Å². The first-order chi connectivity index (χ1) is 54.8. The number of nitrogens with two attached hydrogens (primary N) is 1. The average Bonchev–Trinajstić information content (AvgIpc) is 1.56. The first-order valence-corrected chi connectivity index (χ1v) is 35.6. The van der Waals surface area contributed by atoms with Crippen molar-refractivity contribution in [3.05, 3.63) is 272 Å². The van der Waals surface area contributed by atoms with Crippen LogP contribution < -0.4 is 40.1 Å². The number of nitroso groups, excluding NO2 is 1. The second-order valence-corrected chi connectivity index (χ2v) is 26.9. The molecule has 0 aliphatic heterocycles. The van der Waals surface area contributed by atoms with Crippen molar-refractivity contribution in [2.24, 2.45) is 25.6 Å². The number of azo groups is 2. The van der Waals surface area contributed by atoms with E-state index >= 15 is 0 Å². The Morgan fingerprint density at radius 2 is 0.850 bits per heavy atom. The molecule has 0 saturated heterocycles. The molecule has 3 heterocycles. The molecule has 0 saturated carbocycles. The summed E-state index contributed by atoms with van der Waals surface area (Å²) in [6.45, 7) is 6.01. The van der Waals surface area contributed by atoms with E-state index in [4.69, 9.17) is 25.5 Å². The van der Waals surface area contributed by atoms with Gasteiger partial charge in [0.1, 0.15) is 28.5 Å². The number of aliphatic carboxylic acids is 1. The smallest absolute Gasteiger partial charge is 0.870 e. The van der Waals surface area contributed by atoms with Crippen LogP contribution in [-0.4, -0.2) is 80.4 Å². The van der Waals surface area contributed by atoms with E-state index in [-0.39, 0.29) is 101 Å². The van der Waals surface area contributed by atoms with Crippen LogP contribution in [0.3, 0.4) is 0 Å². The number of rotatable bonds is 17. The Labute approximate surface area is 700 Å². The van der Waals surface area contributed by atoms with E-state index in [9.17, 15) is 76.8 Å². The van der Waals surface area contributed by atoms with Gasteiger partial charge in [-0.2, -0.15) is 49.7 Å². The quantitative estimate of drug-likeness (QED) is 0.0107. The Kier molecular flexibility index (Phi) is 36.8. The molecular weight excluding hydrogens is 1650 g/mol. The zero-order valence-corrected chi connectivity index (χ0v) is 64.6. The van der Waals surface area contributed by atoms with Crippen molar-refractivity contribution in [3.8, 4) is 33.8 Å². The number of hydrogen-bond donors (Lipinski definition) is 5. The molecule has 24 nitrogen and oxygen atoms in total. The summed E-state index contributed by atoms with van der Waals surface area (Å²) in [5, 5.41) is 46.3. The van der Waals surface area contributed by atoms with Gasteiger partial charge in [-0.15, -0.1) is 49.1 Å². The van der Waals surface area contributed by atoms with E-state index in [1.165, 1.54) is 170 Å². The minimum absolute atomic E-state index is 0. The number of carbonyl (C=O) groups is 5. The number of anilines is 7. The Morgan fingerprint density at radius 1 is 0.475 bits per heavy atom. The van der Waals surface area contributed by atoms with Crippen molar-refractivity contribution in [1.29, 1.82) is 0 Å². The molecule has 0 radical (unpaired) electrons. The molecule has 0 aliphatic rings. The Hall–Kier alpha value is -13.1. The molecule has 12 aromatic rings. The summed E-state index contributed by atoms with van der Waals surface area (Å²) in [7, 11) is 2.54. The van der Waals surface area contributed by atoms with Gasteiger partial charge in [-0.05, 0) is 190 Å². The van der Waals surface area contributed by atoms with Gasteiger partial charge in [-0.1, -0.05) is 51.3 Å². The van der Waals surface area contributed by atoms with Gasteiger partial charge >= 0.3 is 61.4 Å². The number of esters is 2. The summed E-state index contributed by atoms with van der Waals surface area (Å²) < 4.78 is 174. The van der Waals surface area contributed by atoms with Gasteiger partial charge in [-0.3, -0.25) is 4.79 Å². The number of carboxylic acid groups (broad SMARTS) is 2. The van der Waals surface area contributed by atoms with Crippen LogP contribution in [0.1, 0.15) is 90.3 Å². The van der Waals surface area contributed by atoms with Gasteiger partial charge < -0.3 is 46.3 Å². The van der Waals surface area contributed by atoms with Gasteiger partial charge in [0.25, 0.3) is 5.97 Å². The summed E-state index contributed by atoms with van der Waals surface area (Å²) in [6.07, 6.45) is -14.4. The Morgan fingerprint density at radius 3 is 1.27 bits per heavy atom. The molecule has 0 aliphatic carbocycles. The third-order valence-electron chi connectivity index (χ3n) is 14.6. The fraction of sp³-hybridized carbons (Fsp3) is 0.150. The molecular formula is C80H69F12LiN12O12S3. The second-order valence-electron chi connectivity index (χ2n) is 24.4. The van der Waals surface area contributed by atoms with Crippen molar-refractivity contribution in [2.75, 3.05) is 35.5 Å². The van der Waals surface area contributed by atoms with E-state index < -0.39 is 88.2 Å². The summed E-state index contributed by atoms with van der Waals surface area (Å²) in [5.41, 5.74) is 6.75. The van der Waals surface area contributed by atoms with Crippen LogP contribution in [0.4, 0.5) is 124 Å². The molecule has 9 aromatic carbocycles. The number of carbonyl (C=O) groups excluding carboxylic acids is 3. The van der Waals surface area contributed by atoms with Gasteiger partial charge in [0.05, 0.1) is 87.4 Å². The van der Waals surface area contributed by atoms with E-state index in [1.807, 2.05) is 0 Å². The number of benzene rings is 9. The van der Waals surface area contributed by atoms with Crippen LogP contribution in [0, 0.1) is 22.4 Å². The number of hydrogen-bond acceptors (Lipinski definition) is 24. The third-order valence-corrected chi connectivity index (χ3v) is 17.0. The van der Waals surface area contributed by atoms with Gasteiger partial charge in [-0.25, -0.2) is 52.2 Å². The zero-order chi connectivity index (χ0) is 84.8. The van der Waals surface area contributed by atoms with E-state index in [0.29, 0.717) is 55.3 Å². The number of nitrogen functional groups attached to an aromatic ring is 1. The zero-order valence-electron chi connectivity index (χ0n) is 62.2. The summed E-state index contributed by atoms with van der Waals surface area (Å²) >= 11 is 3.38. The normalized spacial score (nSPS) is 10.9. The number of carboxylic acids is 2. The first kappa shape index (κ1) is 99.3. The number of alkyl halides is 9. The van der Waals surface area contributed by atoms with Crippen LogP contribution in [-0.2, 0) is 37.5 Å². The third kappa shape index (κ3) is 29.5. The van der Waals surface area contributed by atoms with E-state index in [0.717, 1.165) is 59.6 Å². The average molecular weight is 1720 g/mol. The predicted molar refractivity (Wildman–Crippen MR) is 428 cm³/mol. The van der Waals surface area contributed by atoms with Gasteiger partial charge in [0.2, 0.25) is 0 Å². The fourth-order valence-corrected chi connectivity index (χ4v) is 11.7. The number of ether oxygens (including phenoxy) is 3. The van der Waals surface area contributed by atoms with Crippen molar-refractivity contribution in [1.82, 2.24) is 15.0 Å².